The van der Waals surface area contributed by atoms with Crippen molar-refractivity contribution in [2.24, 2.45) is 10.9 Å². The lowest BCUT2D eigenvalue weighted by molar-refractivity contribution is 0.0586. The van der Waals surface area contributed by atoms with Crippen molar-refractivity contribution in [3.8, 4) is 5.69 Å². The van der Waals surface area contributed by atoms with Crippen LogP contribution in [0.5, 0.6) is 0 Å². The molecule has 3 fully saturated rings. The van der Waals surface area contributed by atoms with E-state index in [9.17, 15) is 19.2 Å². The minimum Gasteiger partial charge on any atom is -0.444 e. The van der Waals surface area contributed by atoms with Crippen LogP contribution in [0.25, 0.3) is 5.69 Å². The summed E-state index contributed by atoms with van der Waals surface area (Å²) < 4.78 is 10.1. The third-order valence-corrected chi connectivity index (χ3v) is 9.77. The molecule has 8 rings (SSSR count). The molecule has 244 valence electrons. The standard InChI is InChI=1S/C37H36N6O5/c44-32(28-14-6-2-7-15-28)38-33-39(23-26-20-21-26)25-37(41(33)36(47)48-24-27-12-4-1-5-13-27)22-29-16-10-11-19-31(29)42-34(45)40(35(46)43(37)42)30-17-8-3-9-18-30/h1-9,12-15,17-18,22,26,31H,10-11,16,19-21,23-25H2. The van der Waals surface area contributed by atoms with E-state index in [1.807, 2.05) is 53.4 Å². The average molecular weight is 645 g/mol. The molecule has 3 aromatic carbocycles. The summed E-state index contributed by atoms with van der Waals surface area (Å²) >= 11 is 0. The van der Waals surface area contributed by atoms with Crippen molar-refractivity contribution < 1.29 is 14.3 Å². The second-order valence-electron chi connectivity index (χ2n) is 13.0. The van der Waals surface area contributed by atoms with Crippen LogP contribution in [-0.2, 0) is 17.0 Å². The van der Waals surface area contributed by atoms with E-state index in [4.69, 9.17) is 4.74 Å². The zero-order valence-corrected chi connectivity index (χ0v) is 26.5. The molecular weight excluding hydrogens is 608 g/mol. The van der Waals surface area contributed by atoms with Gasteiger partial charge in [0.25, 0.3) is 5.91 Å². The van der Waals surface area contributed by atoms with Gasteiger partial charge in [-0.2, -0.15) is 9.67 Å². The van der Waals surface area contributed by atoms with Crippen molar-refractivity contribution in [3.63, 3.8) is 0 Å². The van der Waals surface area contributed by atoms with Crippen LogP contribution in [0.2, 0.25) is 0 Å². The first kappa shape index (κ1) is 29.9. The summed E-state index contributed by atoms with van der Waals surface area (Å²) in [5.74, 6) is -0.0564. The Morgan fingerprint density at radius 2 is 1.52 bits per heavy atom. The summed E-state index contributed by atoms with van der Waals surface area (Å²) in [5.41, 5.74) is 0.0119. The van der Waals surface area contributed by atoms with E-state index in [1.54, 1.807) is 53.2 Å². The molecule has 0 N–H and O–H groups in total. The number of ether oxygens (including phenoxy) is 1. The molecule has 1 aromatic heterocycles. The van der Waals surface area contributed by atoms with Gasteiger partial charge in [0.05, 0.1) is 18.3 Å². The van der Waals surface area contributed by atoms with Crippen LogP contribution in [0.15, 0.2) is 117 Å². The smallest absolute Gasteiger partial charge is 0.419 e. The van der Waals surface area contributed by atoms with Gasteiger partial charge in [-0.1, -0.05) is 73.2 Å². The summed E-state index contributed by atoms with van der Waals surface area (Å²) in [6, 6.07) is 26.5. The lowest BCUT2D eigenvalue weighted by Crippen LogP contribution is -2.59. The van der Waals surface area contributed by atoms with Crippen molar-refractivity contribution in [1.29, 1.82) is 0 Å². The number of hydrogen-bond acceptors (Lipinski definition) is 5. The van der Waals surface area contributed by atoms with Crippen LogP contribution in [0, 0.1) is 5.92 Å². The molecule has 1 saturated heterocycles. The Bertz CT molecular complexity index is 2040. The van der Waals surface area contributed by atoms with E-state index >= 15 is 0 Å². The number of para-hydroxylation sites is 1. The first-order chi connectivity index (χ1) is 23.4. The van der Waals surface area contributed by atoms with Crippen molar-refractivity contribution in [2.45, 2.75) is 56.8 Å². The maximum absolute atomic E-state index is 14.7. The van der Waals surface area contributed by atoms with Crippen LogP contribution < -0.4 is 11.4 Å². The maximum Gasteiger partial charge on any atom is 0.419 e. The number of rotatable bonds is 6. The second-order valence-corrected chi connectivity index (χ2v) is 13.0. The lowest BCUT2D eigenvalue weighted by Gasteiger charge is -2.42. The van der Waals surface area contributed by atoms with Crippen molar-refractivity contribution >= 4 is 18.0 Å². The van der Waals surface area contributed by atoms with Crippen LogP contribution >= 0.6 is 0 Å². The van der Waals surface area contributed by atoms with Gasteiger partial charge in [0, 0.05) is 12.1 Å². The SMILES string of the molecule is O=C(N=C1N(CC2CC2)CC2(C=C3CCCCC3n3c(=O)n(-c4ccccc4)c(=O)n32)N1C(=O)OCc1ccccc1)c1ccccc1. The predicted octanol–water partition coefficient (Wildman–Crippen LogP) is 5.07. The van der Waals surface area contributed by atoms with Crippen LogP contribution in [0.1, 0.15) is 60.5 Å². The van der Waals surface area contributed by atoms with Gasteiger partial charge in [0.2, 0.25) is 5.96 Å². The fraction of sp³-hybridized carbons (Fsp3) is 0.324. The minimum absolute atomic E-state index is 0.0271. The minimum atomic E-state index is -1.52. The number of guanidine groups is 1. The molecular formula is C37H36N6O5. The molecule has 11 heteroatoms. The Kier molecular flexibility index (Phi) is 7.46. The van der Waals surface area contributed by atoms with Gasteiger partial charge in [-0.25, -0.2) is 28.5 Å². The van der Waals surface area contributed by atoms with Crippen molar-refractivity contribution in [3.05, 3.63) is 135 Å². The highest BCUT2D eigenvalue weighted by Crippen LogP contribution is 2.45. The Labute approximate surface area is 277 Å². The van der Waals surface area contributed by atoms with Crippen molar-refractivity contribution in [1.82, 2.24) is 23.7 Å². The van der Waals surface area contributed by atoms with Gasteiger partial charge in [-0.05, 0) is 79.5 Å². The Morgan fingerprint density at radius 1 is 0.833 bits per heavy atom. The number of benzene rings is 3. The zero-order chi connectivity index (χ0) is 32.8. The quantitative estimate of drug-likeness (QED) is 0.271. The summed E-state index contributed by atoms with van der Waals surface area (Å²) in [5, 5.41) is 0. The Morgan fingerprint density at radius 3 is 2.23 bits per heavy atom. The number of aliphatic imine (C=N–C) groups is 1. The molecule has 2 amide bonds. The van der Waals surface area contributed by atoms with Crippen LogP contribution in [-0.4, -0.2) is 54.8 Å². The molecule has 2 aliphatic heterocycles. The van der Waals surface area contributed by atoms with Gasteiger partial charge < -0.3 is 9.64 Å². The first-order valence-electron chi connectivity index (χ1n) is 16.6. The molecule has 0 bridgehead atoms. The Hall–Kier alpha value is -5.45. The largest absolute Gasteiger partial charge is 0.444 e. The number of fused-ring (bicyclic) bond motifs is 4. The van der Waals surface area contributed by atoms with E-state index in [1.165, 1.54) is 14.1 Å². The third kappa shape index (κ3) is 5.10. The molecule has 2 saturated carbocycles. The summed E-state index contributed by atoms with van der Waals surface area (Å²) in [6.45, 7) is 0.635. The predicted molar refractivity (Wildman–Crippen MR) is 179 cm³/mol. The molecule has 4 aromatic rings. The molecule has 11 nitrogen and oxygen atoms in total. The van der Waals surface area contributed by atoms with E-state index in [0.717, 1.165) is 36.8 Å². The normalized spacial score (nSPS) is 22.4. The van der Waals surface area contributed by atoms with Gasteiger partial charge in [-0.3, -0.25) is 4.79 Å². The zero-order valence-electron chi connectivity index (χ0n) is 26.5. The highest BCUT2D eigenvalue weighted by Gasteiger charge is 2.58. The number of hydrogen-bond donors (Lipinski definition) is 0. The first-order valence-corrected chi connectivity index (χ1v) is 16.6. The fourth-order valence-corrected chi connectivity index (χ4v) is 7.35. The Balaban J connectivity index is 1.35. The molecule has 48 heavy (non-hydrogen) atoms. The van der Waals surface area contributed by atoms with Gasteiger partial charge in [0.15, 0.2) is 5.66 Å². The topological polar surface area (TPSA) is 111 Å². The van der Waals surface area contributed by atoms with Gasteiger partial charge in [0.1, 0.15) is 6.61 Å². The highest BCUT2D eigenvalue weighted by atomic mass is 16.6. The maximum atomic E-state index is 14.7. The second kappa shape index (κ2) is 12.0. The van der Waals surface area contributed by atoms with Gasteiger partial charge >= 0.3 is 17.5 Å². The van der Waals surface area contributed by atoms with Crippen LogP contribution in [0.3, 0.4) is 0 Å². The summed E-state index contributed by atoms with van der Waals surface area (Å²) in [7, 11) is 0. The summed E-state index contributed by atoms with van der Waals surface area (Å²) in [4.78, 5) is 65.2. The molecule has 2 atom stereocenters. The highest BCUT2D eigenvalue weighted by molar-refractivity contribution is 6.07. The molecule has 2 aliphatic carbocycles. The molecule has 2 unspecified atom stereocenters. The third-order valence-electron chi connectivity index (χ3n) is 9.77. The van der Waals surface area contributed by atoms with E-state index in [0.29, 0.717) is 36.6 Å². The average Bonchev–Trinajstić information content (AvgIpc) is 3.84. The van der Waals surface area contributed by atoms with E-state index in [2.05, 4.69) is 4.99 Å². The number of allylic oxidation sites excluding steroid dienone is 1. The molecule has 0 radical (unpaired) electrons. The number of carbonyl (C=O) groups excluding carboxylic acids is 2. The number of aromatic nitrogens is 3. The molecule has 3 heterocycles. The van der Waals surface area contributed by atoms with Crippen LogP contribution in [0.4, 0.5) is 4.79 Å². The van der Waals surface area contributed by atoms with Crippen molar-refractivity contribution in [2.75, 3.05) is 13.1 Å². The molecule has 1 spiro atoms. The number of nitrogens with zero attached hydrogens (tertiary/aromatic N) is 6. The summed E-state index contributed by atoms with van der Waals surface area (Å²) in [6.07, 6.45) is 6.48. The number of carbonyl (C=O) groups is 2. The number of amides is 2. The fourth-order valence-electron chi connectivity index (χ4n) is 7.35. The molecule has 4 aliphatic rings. The van der Waals surface area contributed by atoms with E-state index in [-0.39, 0.29) is 25.2 Å². The monoisotopic (exact) mass is 644 g/mol. The lowest BCUT2D eigenvalue weighted by atomic mass is 9.86. The van der Waals surface area contributed by atoms with Gasteiger partial charge in [-0.15, -0.1) is 0 Å². The van der Waals surface area contributed by atoms with E-state index < -0.39 is 29.0 Å².